The standard InChI is InChI=1S/C13H15NO/c14-12(10-2-3-10)8-9-1-4-13-11(7-9)5-6-15-13/h1,4-7,10,12H,2-3,8,14H2. The zero-order chi connectivity index (χ0) is 10.3. The first-order chi connectivity index (χ1) is 7.33. The highest BCUT2D eigenvalue weighted by molar-refractivity contribution is 5.77. The van der Waals surface area contributed by atoms with Gasteiger partial charge in [0.1, 0.15) is 5.58 Å². The number of benzene rings is 1. The van der Waals surface area contributed by atoms with E-state index in [1.54, 1.807) is 6.26 Å². The third-order valence-electron chi connectivity index (χ3n) is 3.22. The van der Waals surface area contributed by atoms with Gasteiger partial charge in [-0.15, -0.1) is 0 Å². The van der Waals surface area contributed by atoms with Crippen LogP contribution in [0.5, 0.6) is 0 Å². The normalized spacial score (nSPS) is 18.2. The minimum Gasteiger partial charge on any atom is -0.464 e. The molecule has 2 nitrogen and oxygen atoms in total. The van der Waals surface area contributed by atoms with Crippen molar-refractivity contribution < 1.29 is 4.42 Å². The Balaban J connectivity index is 1.83. The third-order valence-corrected chi connectivity index (χ3v) is 3.22. The molecule has 2 heteroatoms. The quantitative estimate of drug-likeness (QED) is 0.829. The number of furan rings is 1. The molecule has 0 aliphatic heterocycles. The average Bonchev–Trinajstić information content (AvgIpc) is 2.98. The van der Waals surface area contributed by atoms with Crippen molar-refractivity contribution in [2.75, 3.05) is 0 Å². The first kappa shape index (κ1) is 8.98. The Morgan fingerprint density at radius 2 is 2.20 bits per heavy atom. The predicted octanol–water partition coefficient (Wildman–Crippen LogP) is 2.71. The first-order valence-corrected chi connectivity index (χ1v) is 5.54. The molecule has 0 amide bonds. The fourth-order valence-corrected chi connectivity index (χ4v) is 2.11. The minimum atomic E-state index is 0.342. The summed E-state index contributed by atoms with van der Waals surface area (Å²) in [6.07, 6.45) is 5.35. The summed E-state index contributed by atoms with van der Waals surface area (Å²) >= 11 is 0. The van der Waals surface area contributed by atoms with Crippen LogP contribution in [-0.4, -0.2) is 6.04 Å². The van der Waals surface area contributed by atoms with Gasteiger partial charge in [-0.2, -0.15) is 0 Å². The molecule has 1 atom stereocenters. The Labute approximate surface area is 89.1 Å². The van der Waals surface area contributed by atoms with Gasteiger partial charge in [0.25, 0.3) is 0 Å². The molecule has 15 heavy (non-hydrogen) atoms. The van der Waals surface area contributed by atoms with E-state index in [1.165, 1.54) is 23.8 Å². The second-order valence-electron chi connectivity index (χ2n) is 4.50. The third kappa shape index (κ3) is 1.77. The van der Waals surface area contributed by atoms with Crippen LogP contribution in [0, 0.1) is 5.92 Å². The van der Waals surface area contributed by atoms with Crippen molar-refractivity contribution in [3.8, 4) is 0 Å². The van der Waals surface area contributed by atoms with Crippen LogP contribution in [0.3, 0.4) is 0 Å². The van der Waals surface area contributed by atoms with Crippen LogP contribution in [-0.2, 0) is 6.42 Å². The molecule has 2 aromatic rings. The number of hydrogen-bond donors (Lipinski definition) is 1. The molecule has 1 fully saturated rings. The second kappa shape index (κ2) is 3.38. The highest BCUT2D eigenvalue weighted by Gasteiger charge is 2.28. The molecule has 2 N–H and O–H groups in total. The summed E-state index contributed by atoms with van der Waals surface area (Å²) in [7, 11) is 0. The average molecular weight is 201 g/mol. The Hall–Kier alpha value is -1.28. The van der Waals surface area contributed by atoms with Crippen molar-refractivity contribution in [3.63, 3.8) is 0 Å². The first-order valence-electron chi connectivity index (χ1n) is 5.54. The van der Waals surface area contributed by atoms with Crippen molar-refractivity contribution in [1.29, 1.82) is 0 Å². The van der Waals surface area contributed by atoms with Gasteiger partial charge in [-0.1, -0.05) is 6.07 Å². The SMILES string of the molecule is NC(Cc1ccc2occc2c1)C1CC1. The maximum absolute atomic E-state index is 6.11. The highest BCUT2D eigenvalue weighted by Crippen LogP contribution is 2.33. The van der Waals surface area contributed by atoms with Crippen LogP contribution in [0.2, 0.25) is 0 Å². The second-order valence-corrected chi connectivity index (χ2v) is 4.50. The molecule has 1 heterocycles. The molecule has 1 aliphatic carbocycles. The van der Waals surface area contributed by atoms with E-state index in [4.69, 9.17) is 10.2 Å². The molecule has 3 rings (SSSR count). The van der Waals surface area contributed by atoms with E-state index in [0.717, 1.165) is 17.9 Å². The molecule has 78 valence electrons. The van der Waals surface area contributed by atoms with E-state index in [9.17, 15) is 0 Å². The lowest BCUT2D eigenvalue weighted by atomic mass is 10.0. The summed E-state index contributed by atoms with van der Waals surface area (Å²) in [6, 6.07) is 8.68. The molecule has 0 bridgehead atoms. The largest absolute Gasteiger partial charge is 0.464 e. The Bertz CT molecular complexity index is 470. The summed E-state index contributed by atoms with van der Waals surface area (Å²) in [6.45, 7) is 0. The summed E-state index contributed by atoms with van der Waals surface area (Å²) in [5, 5.41) is 1.18. The summed E-state index contributed by atoms with van der Waals surface area (Å²) in [5.74, 6) is 0.769. The van der Waals surface area contributed by atoms with E-state index in [0.29, 0.717) is 6.04 Å². The van der Waals surface area contributed by atoms with Gasteiger partial charge in [0.15, 0.2) is 0 Å². The lowest BCUT2D eigenvalue weighted by Gasteiger charge is -2.09. The lowest BCUT2D eigenvalue weighted by molar-refractivity contribution is 0.591. The lowest BCUT2D eigenvalue weighted by Crippen LogP contribution is -2.24. The molecule has 1 saturated carbocycles. The topological polar surface area (TPSA) is 39.2 Å². The van der Waals surface area contributed by atoms with Crippen LogP contribution in [0.1, 0.15) is 18.4 Å². The van der Waals surface area contributed by atoms with Crippen LogP contribution in [0.15, 0.2) is 34.9 Å². The minimum absolute atomic E-state index is 0.342. The molecule has 0 saturated heterocycles. The van der Waals surface area contributed by atoms with Gasteiger partial charge in [0.05, 0.1) is 6.26 Å². The summed E-state index contributed by atoms with van der Waals surface area (Å²) in [5.41, 5.74) is 8.39. The number of nitrogens with two attached hydrogens (primary N) is 1. The molecule has 0 spiro atoms. The molecule has 1 unspecified atom stereocenters. The van der Waals surface area contributed by atoms with Gasteiger partial charge < -0.3 is 10.2 Å². The zero-order valence-corrected chi connectivity index (χ0v) is 8.65. The fourth-order valence-electron chi connectivity index (χ4n) is 2.11. The number of fused-ring (bicyclic) bond motifs is 1. The highest BCUT2D eigenvalue weighted by atomic mass is 16.3. The zero-order valence-electron chi connectivity index (χ0n) is 8.65. The molecule has 1 aromatic heterocycles. The Morgan fingerprint density at radius 1 is 1.33 bits per heavy atom. The van der Waals surface area contributed by atoms with Crippen molar-refractivity contribution in [2.24, 2.45) is 11.7 Å². The van der Waals surface area contributed by atoms with Crippen molar-refractivity contribution in [1.82, 2.24) is 0 Å². The van der Waals surface area contributed by atoms with Crippen LogP contribution in [0.4, 0.5) is 0 Å². The molecule has 1 aliphatic rings. The van der Waals surface area contributed by atoms with Crippen molar-refractivity contribution in [2.45, 2.75) is 25.3 Å². The Kier molecular flexibility index (Phi) is 2.03. The van der Waals surface area contributed by atoms with Gasteiger partial charge in [-0.05, 0) is 48.9 Å². The van der Waals surface area contributed by atoms with Gasteiger partial charge >= 0.3 is 0 Å². The van der Waals surface area contributed by atoms with E-state index < -0.39 is 0 Å². The van der Waals surface area contributed by atoms with Crippen LogP contribution >= 0.6 is 0 Å². The Morgan fingerprint density at radius 3 is 3.00 bits per heavy atom. The van der Waals surface area contributed by atoms with Gasteiger partial charge in [-0.3, -0.25) is 0 Å². The molecular formula is C13H15NO. The molecule has 0 radical (unpaired) electrons. The van der Waals surface area contributed by atoms with Crippen molar-refractivity contribution in [3.05, 3.63) is 36.1 Å². The molecular weight excluding hydrogens is 186 g/mol. The number of hydrogen-bond acceptors (Lipinski definition) is 2. The van der Waals surface area contributed by atoms with E-state index >= 15 is 0 Å². The van der Waals surface area contributed by atoms with E-state index in [2.05, 4.69) is 12.1 Å². The van der Waals surface area contributed by atoms with Crippen LogP contribution in [0.25, 0.3) is 11.0 Å². The monoisotopic (exact) mass is 201 g/mol. The smallest absolute Gasteiger partial charge is 0.133 e. The maximum Gasteiger partial charge on any atom is 0.133 e. The fraction of sp³-hybridized carbons (Fsp3) is 0.385. The summed E-state index contributed by atoms with van der Waals surface area (Å²) in [4.78, 5) is 0. The maximum atomic E-state index is 6.11. The van der Waals surface area contributed by atoms with Crippen molar-refractivity contribution >= 4 is 11.0 Å². The van der Waals surface area contributed by atoms with Crippen LogP contribution < -0.4 is 5.73 Å². The van der Waals surface area contributed by atoms with E-state index in [-0.39, 0.29) is 0 Å². The summed E-state index contributed by atoms with van der Waals surface area (Å²) < 4.78 is 5.31. The van der Waals surface area contributed by atoms with Gasteiger partial charge in [0, 0.05) is 11.4 Å². The van der Waals surface area contributed by atoms with Gasteiger partial charge in [0.2, 0.25) is 0 Å². The van der Waals surface area contributed by atoms with Gasteiger partial charge in [-0.25, -0.2) is 0 Å². The predicted molar refractivity (Wildman–Crippen MR) is 60.6 cm³/mol. The van der Waals surface area contributed by atoms with E-state index in [1.807, 2.05) is 12.1 Å². The molecule has 1 aromatic carbocycles. The number of rotatable bonds is 3.